The zero-order chi connectivity index (χ0) is 13.1. The fourth-order valence-corrected chi connectivity index (χ4v) is 1.90. The largest absolute Gasteiger partial charge is 0.316 e. The predicted octanol–water partition coefficient (Wildman–Crippen LogP) is 1.10. The number of sulfonamides is 1. The van der Waals surface area contributed by atoms with Crippen molar-refractivity contribution in [3.8, 4) is 0 Å². The van der Waals surface area contributed by atoms with E-state index in [-0.39, 0.29) is 10.8 Å². The molecule has 0 aliphatic heterocycles. The van der Waals surface area contributed by atoms with Crippen LogP contribution >= 0.6 is 0 Å². The first-order chi connectivity index (χ1) is 7.86. The number of carbonyl (C=O) groups excluding carboxylic acids is 1. The number of hydrogen-bond donors (Lipinski definition) is 1. The Morgan fingerprint density at radius 3 is 2.24 bits per heavy atom. The second kappa shape index (κ2) is 5.29. The van der Waals surface area contributed by atoms with E-state index in [4.69, 9.17) is 5.14 Å². The average Bonchev–Trinajstić information content (AvgIpc) is 2.27. The molecule has 1 aromatic carbocycles. The highest BCUT2D eigenvalue weighted by Crippen LogP contribution is 2.17. The van der Waals surface area contributed by atoms with Gasteiger partial charge in [0.15, 0.2) is 0 Å². The van der Waals surface area contributed by atoms with E-state index in [0.29, 0.717) is 12.1 Å². The summed E-state index contributed by atoms with van der Waals surface area (Å²) >= 11 is 0. The molecule has 0 aliphatic rings. The third kappa shape index (κ3) is 3.54. The second-order valence-corrected chi connectivity index (χ2v) is 5.30. The van der Waals surface area contributed by atoms with Gasteiger partial charge in [0, 0.05) is 19.2 Å². The van der Waals surface area contributed by atoms with Gasteiger partial charge in [0.1, 0.15) is 0 Å². The molecular weight excluding hydrogens is 240 g/mol. The summed E-state index contributed by atoms with van der Waals surface area (Å²) in [6.07, 6.45) is 1.24. The van der Waals surface area contributed by atoms with Crippen LogP contribution in [0, 0.1) is 0 Å². The van der Waals surface area contributed by atoms with Crippen LogP contribution in [0.4, 0.5) is 5.69 Å². The predicted molar refractivity (Wildman–Crippen MR) is 66.1 cm³/mol. The van der Waals surface area contributed by atoms with Gasteiger partial charge in [0.25, 0.3) is 0 Å². The quantitative estimate of drug-likeness (QED) is 0.875. The van der Waals surface area contributed by atoms with E-state index in [1.165, 1.54) is 17.0 Å². The number of anilines is 1. The van der Waals surface area contributed by atoms with Crippen LogP contribution in [0.1, 0.15) is 19.8 Å². The van der Waals surface area contributed by atoms with Crippen molar-refractivity contribution in [1.29, 1.82) is 0 Å². The Bertz CT molecular complexity index is 494. The molecule has 0 heterocycles. The zero-order valence-corrected chi connectivity index (χ0v) is 10.7. The van der Waals surface area contributed by atoms with Gasteiger partial charge in [0.05, 0.1) is 4.90 Å². The number of hydrogen-bond acceptors (Lipinski definition) is 3. The Labute approximate surface area is 101 Å². The molecule has 17 heavy (non-hydrogen) atoms. The van der Waals surface area contributed by atoms with Gasteiger partial charge in [-0.1, -0.05) is 6.92 Å². The van der Waals surface area contributed by atoms with E-state index in [2.05, 4.69) is 0 Å². The van der Waals surface area contributed by atoms with E-state index in [9.17, 15) is 13.2 Å². The highest BCUT2D eigenvalue weighted by atomic mass is 32.2. The Morgan fingerprint density at radius 1 is 1.29 bits per heavy atom. The Morgan fingerprint density at radius 2 is 1.82 bits per heavy atom. The maximum atomic E-state index is 11.6. The molecule has 0 bridgehead atoms. The molecule has 0 saturated carbocycles. The van der Waals surface area contributed by atoms with E-state index in [1.54, 1.807) is 19.2 Å². The average molecular weight is 256 g/mol. The first kappa shape index (κ1) is 13.7. The van der Waals surface area contributed by atoms with Crippen molar-refractivity contribution < 1.29 is 13.2 Å². The third-order valence-corrected chi connectivity index (χ3v) is 3.32. The lowest BCUT2D eigenvalue weighted by molar-refractivity contribution is -0.118. The third-order valence-electron chi connectivity index (χ3n) is 2.39. The number of rotatable bonds is 4. The van der Waals surface area contributed by atoms with Gasteiger partial charge in [-0.15, -0.1) is 0 Å². The molecule has 0 radical (unpaired) electrons. The molecule has 1 amide bonds. The molecule has 0 spiro atoms. The summed E-state index contributed by atoms with van der Waals surface area (Å²) in [5, 5.41) is 4.98. The van der Waals surface area contributed by atoms with Crippen molar-refractivity contribution in [2.24, 2.45) is 5.14 Å². The molecule has 5 nitrogen and oxygen atoms in total. The topological polar surface area (TPSA) is 80.5 Å². The summed E-state index contributed by atoms with van der Waals surface area (Å²) < 4.78 is 22.1. The van der Waals surface area contributed by atoms with Crippen LogP contribution < -0.4 is 10.0 Å². The van der Waals surface area contributed by atoms with Crippen molar-refractivity contribution >= 4 is 21.6 Å². The monoisotopic (exact) mass is 256 g/mol. The summed E-state index contributed by atoms with van der Waals surface area (Å²) in [7, 11) is -2.02. The van der Waals surface area contributed by atoms with E-state index >= 15 is 0 Å². The molecule has 0 atom stereocenters. The minimum Gasteiger partial charge on any atom is -0.316 e. The van der Waals surface area contributed by atoms with Crippen LogP contribution in [0.2, 0.25) is 0 Å². The molecular formula is C11H16N2O3S. The van der Waals surface area contributed by atoms with Crippen molar-refractivity contribution in [1.82, 2.24) is 0 Å². The Kier molecular flexibility index (Phi) is 4.25. The number of primary sulfonamides is 1. The van der Waals surface area contributed by atoms with Gasteiger partial charge in [-0.3, -0.25) is 4.79 Å². The summed E-state index contributed by atoms with van der Waals surface area (Å²) in [6, 6.07) is 5.90. The van der Waals surface area contributed by atoms with Gasteiger partial charge in [-0.2, -0.15) is 0 Å². The number of carbonyl (C=O) groups is 1. The highest BCUT2D eigenvalue weighted by Gasteiger charge is 2.11. The molecule has 1 aromatic rings. The van der Waals surface area contributed by atoms with Crippen LogP contribution in [0.15, 0.2) is 29.2 Å². The highest BCUT2D eigenvalue weighted by molar-refractivity contribution is 7.89. The second-order valence-electron chi connectivity index (χ2n) is 3.74. The maximum absolute atomic E-state index is 11.6. The standard InChI is InChI=1S/C11H16N2O3S/c1-3-4-11(14)13(2)9-5-7-10(8-6-9)17(12,15)16/h5-8H,3-4H2,1-2H3,(H2,12,15,16). The van der Waals surface area contributed by atoms with Gasteiger partial charge < -0.3 is 4.90 Å². The van der Waals surface area contributed by atoms with Crippen LogP contribution in [0.3, 0.4) is 0 Å². The van der Waals surface area contributed by atoms with Gasteiger partial charge >= 0.3 is 0 Å². The van der Waals surface area contributed by atoms with Crippen molar-refractivity contribution in [2.75, 3.05) is 11.9 Å². The normalized spacial score (nSPS) is 11.2. The first-order valence-corrected chi connectivity index (χ1v) is 6.80. The lowest BCUT2D eigenvalue weighted by atomic mass is 10.2. The van der Waals surface area contributed by atoms with E-state index in [0.717, 1.165) is 6.42 Å². The number of nitrogens with two attached hydrogens (primary N) is 1. The minimum absolute atomic E-state index is 0.00384. The van der Waals surface area contributed by atoms with Crippen molar-refractivity contribution in [3.05, 3.63) is 24.3 Å². The lowest BCUT2D eigenvalue weighted by Gasteiger charge is -2.17. The minimum atomic E-state index is -3.68. The lowest BCUT2D eigenvalue weighted by Crippen LogP contribution is -2.25. The molecule has 0 aromatic heterocycles. The van der Waals surface area contributed by atoms with Crippen LogP contribution in [0.5, 0.6) is 0 Å². The van der Waals surface area contributed by atoms with Gasteiger partial charge in [0.2, 0.25) is 15.9 Å². The summed E-state index contributed by atoms with van der Waals surface area (Å²) in [5.41, 5.74) is 0.649. The molecule has 2 N–H and O–H groups in total. The summed E-state index contributed by atoms with van der Waals surface area (Å²) in [6.45, 7) is 1.93. The Hall–Kier alpha value is -1.40. The molecule has 6 heteroatoms. The molecule has 1 rings (SSSR count). The molecule has 0 saturated heterocycles. The SMILES string of the molecule is CCCC(=O)N(C)c1ccc(S(N)(=O)=O)cc1. The van der Waals surface area contributed by atoms with E-state index < -0.39 is 10.0 Å². The number of benzene rings is 1. The Balaban J connectivity index is 2.92. The molecule has 94 valence electrons. The number of nitrogens with zero attached hydrogens (tertiary/aromatic N) is 1. The van der Waals surface area contributed by atoms with Crippen LogP contribution in [0.25, 0.3) is 0 Å². The van der Waals surface area contributed by atoms with Crippen LogP contribution in [-0.4, -0.2) is 21.4 Å². The van der Waals surface area contributed by atoms with Gasteiger partial charge in [-0.25, -0.2) is 13.6 Å². The number of amides is 1. The summed E-state index contributed by atoms with van der Waals surface area (Å²) in [5.74, 6) is -0.00384. The summed E-state index contributed by atoms with van der Waals surface area (Å²) in [4.78, 5) is 13.1. The van der Waals surface area contributed by atoms with Gasteiger partial charge in [-0.05, 0) is 30.7 Å². The first-order valence-electron chi connectivity index (χ1n) is 5.25. The van der Waals surface area contributed by atoms with Crippen LogP contribution in [-0.2, 0) is 14.8 Å². The smallest absolute Gasteiger partial charge is 0.238 e. The van der Waals surface area contributed by atoms with E-state index in [1.807, 2.05) is 6.92 Å². The molecule has 0 unspecified atom stereocenters. The van der Waals surface area contributed by atoms with Crippen molar-refractivity contribution in [3.63, 3.8) is 0 Å². The fourth-order valence-electron chi connectivity index (χ4n) is 1.38. The molecule has 0 aliphatic carbocycles. The fraction of sp³-hybridized carbons (Fsp3) is 0.364. The zero-order valence-electron chi connectivity index (χ0n) is 9.88. The molecule has 0 fully saturated rings. The maximum Gasteiger partial charge on any atom is 0.238 e. The van der Waals surface area contributed by atoms with Crippen molar-refractivity contribution in [2.45, 2.75) is 24.7 Å².